The van der Waals surface area contributed by atoms with Gasteiger partial charge in [-0.15, -0.1) is 0 Å². The topological polar surface area (TPSA) is 143 Å². The summed E-state index contributed by atoms with van der Waals surface area (Å²) in [5.41, 5.74) is -0.306. The Morgan fingerprint density at radius 3 is 1.19 bits per heavy atom. The van der Waals surface area contributed by atoms with Gasteiger partial charge in [0.05, 0.1) is 13.2 Å². The molecule has 0 amide bonds. The Balaban J connectivity index is -0.0000000183. The SMILES string of the molecule is C.C.C.C=O.CC(C)(CO)CO.CC(C)C=O.O=C[O-].[O-2]. The van der Waals surface area contributed by atoms with Crippen LogP contribution in [0.4, 0.5) is 0 Å². The first-order chi connectivity index (χ1) is 7.81. The summed E-state index contributed by atoms with van der Waals surface area (Å²) < 4.78 is 0. The van der Waals surface area contributed by atoms with Gasteiger partial charge in [-0.05, 0) is 0 Å². The Hall–Kier alpha value is -1.31. The average Bonchev–Trinajstić information content (AvgIpc) is 2.33. The molecule has 0 spiro atoms. The third-order valence-electron chi connectivity index (χ3n) is 1.13. The normalized spacial score (nSPS) is 6.81. The smallest absolute Gasteiger partial charge is 0.122 e. The van der Waals surface area contributed by atoms with Crippen LogP contribution in [-0.4, -0.2) is 43.0 Å². The molecule has 7 heteroatoms. The molecule has 21 heavy (non-hydrogen) atoms. The van der Waals surface area contributed by atoms with Gasteiger partial charge in [0.1, 0.15) is 13.1 Å². The lowest BCUT2D eigenvalue weighted by atomic mass is 9.97. The van der Waals surface area contributed by atoms with Gasteiger partial charge in [-0.2, -0.15) is 0 Å². The number of aliphatic hydroxyl groups is 2. The lowest BCUT2D eigenvalue weighted by molar-refractivity contribution is -0.283. The van der Waals surface area contributed by atoms with Crippen molar-refractivity contribution in [2.24, 2.45) is 11.3 Å². The minimum atomic E-state index is -0.500. The van der Waals surface area contributed by atoms with Gasteiger partial charge in [0.2, 0.25) is 0 Å². The molecular weight excluding hydrogens is 280 g/mol. The molecule has 0 rings (SSSR count). The second kappa shape index (κ2) is 42.8. The zero-order valence-electron chi connectivity index (χ0n) is 11.3. The molecule has 0 unspecified atom stereocenters. The van der Waals surface area contributed by atoms with Crippen molar-refractivity contribution in [1.29, 1.82) is 0 Å². The summed E-state index contributed by atoms with van der Waals surface area (Å²) in [5, 5.41) is 25.1. The summed E-state index contributed by atoms with van der Waals surface area (Å²) in [6.45, 7) is 8.90. The molecule has 0 aliphatic carbocycles. The number of aldehydes is 1. The molecule has 0 bridgehead atoms. The molecule has 0 saturated heterocycles. The molecular formula is C14H35O7-3. The van der Waals surface area contributed by atoms with Gasteiger partial charge in [-0.3, -0.25) is 0 Å². The van der Waals surface area contributed by atoms with Gasteiger partial charge in [0.15, 0.2) is 0 Å². The van der Waals surface area contributed by atoms with Gasteiger partial charge in [-0.1, -0.05) is 50.0 Å². The largest absolute Gasteiger partial charge is 2.00 e. The highest BCUT2D eigenvalue weighted by atomic mass is 16.3. The molecule has 0 atom stereocenters. The van der Waals surface area contributed by atoms with E-state index in [1.165, 1.54) is 0 Å². The molecule has 0 aromatic carbocycles. The molecule has 0 aliphatic heterocycles. The van der Waals surface area contributed by atoms with E-state index >= 15 is 0 Å². The van der Waals surface area contributed by atoms with E-state index in [1.54, 1.807) is 13.8 Å². The van der Waals surface area contributed by atoms with Crippen molar-refractivity contribution in [2.75, 3.05) is 13.2 Å². The quantitative estimate of drug-likeness (QED) is 0.737. The van der Waals surface area contributed by atoms with Crippen molar-refractivity contribution in [3.05, 3.63) is 0 Å². The second-order valence-corrected chi connectivity index (χ2v) is 3.96. The average molecular weight is 315 g/mol. The Labute approximate surface area is 130 Å². The monoisotopic (exact) mass is 315 g/mol. The Morgan fingerprint density at radius 2 is 1.19 bits per heavy atom. The van der Waals surface area contributed by atoms with Crippen LogP contribution in [0.1, 0.15) is 50.0 Å². The van der Waals surface area contributed by atoms with Crippen molar-refractivity contribution in [3.8, 4) is 0 Å². The summed E-state index contributed by atoms with van der Waals surface area (Å²) in [6.07, 6.45) is 0.917. The van der Waals surface area contributed by atoms with Crippen molar-refractivity contribution < 1.29 is 35.2 Å². The summed E-state index contributed by atoms with van der Waals surface area (Å²) >= 11 is 0. The fraction of sp³-hybridized carbons (Fsp3) is 0.786. The van der Waals surface area contributed by atoms with Gasteiger partial charge < -0.3 is 35.2 Å². The molecule has 136 valence electrons. The lowest BCUT2D eigenvalue weighted by Crippen LogP contribution is -2.20. The minimum Gasteiger partial charge on any atom is -2.00 e. The third-order valence-corrected chi connectivity index (χ3v) is 1.13. The third kappa shape index (κ3) is 116. The van der Waals surface area contributed by atoms with E-state index < -0.39 is 6.47 Å². The summed E-state index contributed by atoms with van der Waals surface area (Å²) in [5.74, 6) is 0.204. The number of hydrogen-bond acceptors (Lipinski definition) is 6. The van der Waals surface area contributed by atoms with E-state index in [0.717, 1.165) is 6.29 Å². The number of aliphatic hydroxyl groups excluding tert-OH is 2. The number of carboxylic acid groups (broad SMARTS) is 1. The van der Waals surface area contributed by atoms with E-state index in [2.05, 4.69) is 0 Å². The molecule has 0 fully saturated rings. The van der Waals surface area contributed by atoms with Crippen LogP contribution in [0.25, 0.3) is 0 Å². The van der Waals surface area contributed by atoms with Crippen LogP contribution in [0.3, 0.4) is 0 Å². The standard InChI is InChI=1S/C5H12O2.C4H8O.CH2O2.CH2O.3CH4.O/c1-5(2,3-6)4-7;1-4(2)3-5;2-1-3;1-2;;;;/h6-7H,3-4H2,1-2H3;3-4H,1-2H3;1H,(H,2,3);1H2;3*1H4;/q;;;;;;;-2/p-1. The van der Waals surface area contributed by atoms with Crippen molar-refractivity contribution in [1.82, 2.24) is 0 Å². The lowest BCUT2D eigenvalue weighted by Gasteiger charge is -2.16. The molecule has 0 aliphatic rings. The zero-order chi connectivity index (χ0) is 14.9. The van der Waals surface area contributed by atoms with Gasteiger partial charge in [0.25, 0.3) is 0 Å². The summed E-state index contributed by atoms with van der Waals surface area (Å²) in [6, 6.07) is 0. The van der Waals surface area contributed by atoms with E-state index in [9.17, 15) is 4.79 Å². The molecule has 7 nitrogen and oxygen atoms in total. The van der Waals surface area contributed by atoms with Crippen LogP contribution in [0, 0.1) is 11.3 Å². The van der Waals surface area contributed by atoms with Crippen molar-refractivity contribution in [2.45, 2.75) is 50.0 Å². The molecule has 0 aromatic rings. The van der Waals surface area contributed by atoms with Crippen LogP contribution in [0.2, 0.25) is 0 Å². The van der Waals surface area contributed by atoms with E-state index in [0.29, 0.717) is 0 Å². The molecule has 0 radical (unpaired) electrons. The highest BCUT2D eigenvalue weighted by Gasteiger charge is 2.13. The predicted molar refractivity (Wildman–Crippen MR) is 82.9 cm³/mol. The predicted octanol–water partition coefficient (Wildman–Crippen LogP) is 0.809. The Kier molecular flexibility index (Phi) is 103. The van der Waals surface area contributed by atoms with Gasteiger partial charge in [-0.25, -0.2) is 0 Å². The van der Waals surface area contributed by atoms with Crippen LogP contribution in [0.5, 0.6) is 0 Å². The maximum atomic E-state index is 9.50. The van der Waals surface area contributed by atoms with E-state index in [1.807, 2.05) is 20.6 Å². The first kappa shape index (κ1) is 50.3. The number of hydrogen-bond donors (Lipinski definition) is 2. The number of rotatable bonds is 3. The second-order valence-electron chi connectivity index (χ2n) is 3.96. The van der Waals surface area contributed by atoms with Crippen LogP contribution in [-0.2, 0) is 19.9 Å². The van der Waals surface area contributed by atoms with Gasteiger partial charge in [0, 0.05) is 17.8 Å². The maximum absolute atomic E-state index is 9.50. The maximum Gasteiger partial charge on any atom is 0.122 e. The van der Waals surface area contributed by atoms with Crippen LogP contribution >= 0.6 is 0 Å². The summed E-state index contributed by atoms with van der Waals surface area (Å²) in [7, 11) is 0. The minimum absolute atomic E-state index is 0. The van der Waals surface area contributed by atoms with Crippen LogP contribution < -0.4 is 5.11 Å². The fourth-order valence-corrected chi connectivity index (χ4v) is 0.0500. The zero-order valence-corrected chi connectivity index (χ0v) is 11.3. The highest BCUT2D eigenvalue weighted by Crippen LogP contribution is 2.10. The first-order valence-corrected chi connectivity index (χ1v) is 4.82. The van der Waals surface area contributed by atoms with Crippen molar-refractivity contribution >= 4 is 19.5 Å². The first-order valence-electron chi connectivity index (χ1n) is 4.82. The number of carbonyl (C=O) groups is 3. The Bertz CT molecular complexity index is 153. The van der Waals surface area contributed by atoms with E-state index in [-0.39, 0.29) is 52.3 Å². The van der Waals surface area contributed by atoms with Crippen molar-refractivity contribution in [3.63, 3.8) is 0 Å². The molecule has 2 N–H and O–H groups in total. The van der Waals surface area contributed by atoms with E-state index in [4.69, 9.17) is 24.9 Å². The summed E-state index contributed by atoms with van der Waals surface area (Å²) in [4.78, 5) is 25.8. The number of carbonyl (C=O) groups excluding carboxylic acids is 3. The molecule has 0 saturated carbocycles. The fourth-order valence-electron chi connectivity index (χ4n) is 0.0500. The molecule has 0 aromatic heterocycles. The van der Waals surface area contributed by atoms with Gasteiger partial charge >= 0.3 is 0 Å². The Morgan fingerprint density at radius 1 is 1.05 bits per heavy atom. The highest BCUT2D eigenvalue weighted by molar-refractivity contribution is 5.51. The molecule has 0 heterocycles. The van der Waals surface area contributed by atoms with Crippen LogP contribution in [0.15, 0.2) is 0 Å².